The number of hydrogen-bond acceptors (Lipinski definition) is 3. The van der Waals surface area contributed by atoms with Crippen molar-refractivity contribution in [2.75, 3.05) is 6.54 Å². The van der Waals surface area contributed by atoms with Crippen LogP contribution < -0.4 is 16.0 Å². The Kier molecular flexibility index (Phi) is 4.88. The third kappa shape index (κ3) is 3.74. The highest BCUT2D eigenvalue weighted by Crippen LogP contribution is 2.22. The van der Waals surface area contributed by atoms with Crippen LogP contribution in [0.4, 0.5) is 0 Å². The Morgan fingerprint density at radius 3 is 2.59 bits per heavy atom. The normalized spacial score (nSPS) is 16.8. The summed E-state index contributed by atoms with van der Waals surface area (Å²) in [5.41, 5.74) is 3.41. The van der Waals surface area contributed by atoms with E-state index in [9.17, 15) is 0 Å². The van der Waals surface area contributed by atoms with Crippen molar-refractivity contribution in [1.29, 1.82) is 0 Å². The summed E-state index contributed by atoms with van der Waals surface area (Å²) >= 11 is 11.9. The minimum absolute atomic E-state index is 0.179. The lowest BCUT2D eigenvalue weighted by molar-refractivity contribution is 0.514. The average Bonchev–Trinajstić information content (AvgIpc) is 3.01. The number of hydrogen-bond donors (Lipinski definition) is 3. The first kappa shape index (κ1) is 15.2. The molecule has 0 amide bonds. The topological polar surface area (TPSA) is 36.1 Å². The third-order valence-corrected chi connectivity index (χ3v) is 4.24. The first-order valence-corrected chi connectivity index (χ1v) is 7.91. The largest absolute Gasteiger partial charge is 0.369 e. The van der Waals surface area contributed by atoms with Crippen molar-refractivity contribution < 1.29 is 0 Å². The van der Waals surface area contributed by atoms with Gasteiger partial charge in [-0.3, -0.25) is 0 Å². The van der Waals surface area contributed by atoms with Crippen molar-refractivity contribution >= 4 is 28.9 Å². The zero-order valence-electron chi connectivity index (χ0n) is 11.9. The molecule has 0 fully saturated rings. The minimum atomic E-state index is 0.179. The number of halogens is 2. The van der Waals surface area contributed by atoms with E-state index >= 15 is 0 Å². The Balaban J connectivity index is 1.47. The molecule has 3 N–H and O–H groups in total. The predicted molar refractivity (Wildman–Crippen MR) is 92.6 cm³/mol. The molecule has 0 bridgehead atoms. The molecule has 2 aromatic rings. The van der Waals surface area contributed by atoms with E-state index in [0.717, 1.165) is 24.4 Å². The van der Waals surface area contributed by atoms with Gasteiger partial charge in [0, 0.05) is 19.3 Å². The zero-order chi connectivity index (χ0) is 15.4. The quantitative estimate of drug-likeness (QED) is 0.782. The second kappa shape index (κ2) is 7.05. The summed E-state index contributed by atoms with van der Waals surface area (Å²) in [7, 11) is 0. The number of benzene rings is 2. The molecule has 1 unspecified atom stereocenters. The summed E-state index contributed by atoms with van der Waals surface area (Å²) in [5.74, 6) is 0. The van der Waals surface area contributed by atoms with Crippen LogP contribution in [0.3, 0.4) is 0 Å². The lowest BCUT2D eigenvalue weighted by Gasteiger charge is -2.15. The average molecular weight is 334 g/mol. The summed E-state index contributed by atoms with van der Waals surface area (Å²) in [5, 5.41) is 11.4. The van der Waals surface area contributed by atoms with Crippen LogP contribution >= 0.6 is 23.2 Å². The molecule has 0 aromatic heterocycles. The van der Waals surface area contributed by atoms with Gasteiger partial charge in [-0.05, 0) is 23.3 Å². The SMILES string of the molecule is Clc1ccc(CNCC2NC=C(c3ccccc3)N2)cc1Cl. The monoisotopic (exact) mass is 333 g/mol. The van der Waals surface area contributed by atoms with Gasteiger partial charge in [-0.25, -0.2) is 0 Å². The van der Waals surface area contributed by atoms with Crippen LogP contribution in [0.15, 0.2) is 54.7 Å². The van der Waals surface area contributed by atoms with E-state index in [0.29, 0.717) is 10.0 Å². The van der Waals surface area contributed by atoms with Gasteiger partial charge >= 0.3 is 0 Å². The van der Waals surface area contributed by atoms with Crippen LogP contribution in [0.1, 0.15) is 11.1 Å². The van der Waals surface area contributed by atoms with E-state index in [1.54, 1.807) is 0 Å². The summed E-state index contributed by atoms with van der Waals surface area (Å²) in [6.45, 7) is 1.55. The highest BCUT2D eigenvalue weighted by molar-refractivity contribution is 6.42. The number of rotatable bonds is 5. The van der Waals surface area contributed by atoms with E-state index in [4.69, 9.17) is 23.2 Å². The van der Waals surface area contributed by atoms with Crippen LogP contribution in [0.2, 0.25) is 10.0 Å². The predicted octanol–water partition coefficient (Wildman–Crippen LogP) is 3.60. The molecule has 0 spiro atoms. The third-order valence-electron chi connectivity index (χ3n) is 3.50. The first-order valence-electron chi connectivity index (χ1n) is 7.15. The summed E-state index contributed by atoms with van der Waals surface area (Å²) in [6, 6.07) is 16.0. The van der Waals surface area contributed by atoms with Crippen LogP contribution in [-0.4, -0.2) is 12.7 Å². The number of nitrogens with one attached hydrogen (secondary N) is 3. The van der Waals surface area contributed by atoms with Gasteiger partial charge in [0.25, 0.3) is 0 Å². The molecule has 3 nitrogen and oxygen atoms in total. The fourth-order valence-corrected chi connectivity index (χ4v) is 2.68. The van der Waals surface area contributed by atoms with Crippen LogP contribution in [-0.2, 0) is 6.54 Å². The van der Waals surface area contributed by atoms with Crippen molar-refractivity contribution in [2.45, 2.75) is 12.7 Å². The van der Waals surface area contributed by atoms with Crippen LogP contribution in [0.5, 0.6) is 0 Å². The molecule has 0 saturated heterocycles. The van der Waals surface area contributed by atoms with Gasteiger partial charge in [-0.15, -0.1) is 0 Å². The molecular formula is C17H17Cl2N3. The molecule has 22 heavy (non-hydrogen) atoms. The molecule has 0 radical (unpaired) electrons. The van der Waals surface area contributed by atoms with Gasteiger partial charge in [-0.2, -0.15) is 0 Å². The van der Waals surface area contributed by atoms with Crippen LogP contribution in [0.25, 0.3) is 5.70 Å². The lowest BCUT2D eigenvalue weighted by atomic mass is 10.2. The molecule has 1 atom stereocenters. The molecule has 114 valence electrons. The first-order chi connectivity index (χ1) is 10.7. The second-order valence-electron chi connectivity index (χ2n) is 5.17. The van der Waals surface area contributed by atoms with E-state index in [1.165, 1.54) is 5.56 Å². The maximum Gasteiger partial charge on any atom is 0.109 e. The Bertz CT molecular complexity index is 671. The zero-order valence-corrected chi connectivity index (χ0v) is 13.5. The molecule has 0 saturated carbocycles. The van der Waals surface area contributed by atoms with Gasteiger partial charge in [0.2, 0.25) is 0 Å². The van der Waals surface area contributed by atoms with Gasteiger partial charge in [0.15, 0.2) is 0 Å². The molecule has 1 aliphatic rings. The summed E-state index contributed by atoms with van der Waals surface area (Å²) < 4.78 is 0. The van der Waals surface area contributed by atoms with Crippen molar-refractivity contribution in [1.82, 2.24) is 16.0 Å². The highest BCUT2D eigenvalue weighted by atomic mass is 35.5. The van der Waals surface area contributed by atoms with E-state index < -0.39 is 0 Å². The smallest absolute Gasteiger partial charge is 0.109 e. The lowest BCUT2D eigenvalue weighted by Crippen LogP contribution is -2.41. The van der Waals surface area contributed by atoms with Crippen molar-refractivity contribution in [3.8, 4) is 0 Å². The molecule has 2 aromatic carbocycles. The van der Waals surface area contributed by atoms with Crippen LogP contribution in [0, 0.1) is 0 Å². The Labute approximate surface area is 140 Å². The van der Waals surface area contributed by atoms with E-state index in [-0.39, 0.29) is 6.17 Å². The van der Waals surface area contributed by atoms with Gasteiger partial charge in [0.05, 0.1) is 15.7 Å². The van der Waals surface area contributed by atoms with Crippen molar-refractivity contribution in [2.24, 2.45) is 0 Å². The Morgan fingerprint density at radius 2 is 1.82 bits per heavy atom. The molecule has 1 heterocycles. The van der Waals surface area contributed by atoms with Gasteiger partial charge in [0.1, 0.15) is 6.17 Å². The summed E-state index contributed by atoms with van der Waals surface area (Å²) in [6.07, 6.45) is 2.19. The highest BCUT2D eigenvalue weighted by Gasteiger charge is 2.15. The Morgan fingerprint density at radius 1 is 1.00 bits per heavy atom. The standard InChI is InChI=1S/C17H17Cl2N3/c18-14-7-6-12(8-15(14)19)9-20-11-17-21-10-16(22-17)13-4-2-1-3-5-13/h1-8,10,17,20-22H,9,11H2. The minimum Gasteiger partial charge on any atom is -0.369 e. The molecule has 5 heteroatoms. The fourth-order valence-electron chi connectivity index (χ4n) is 2.36. The van der Waals surface area contributed by atoms with E-state index in [2.05, 4.69) is 28.1 Å². The molecule has 1 aliphatic heterocycles. The maximum atomic E-state index is 6.01. The van der Waals surface area contributed by atoms with E-state index in [1.807, 2.05) is 42.6 Å². The van der Waals surface area contributed by atoms with Gasteiger partial charge < -0.3 is 16.0 Å². The second-order valence-corrected chi connectivity index (χ2v) is 5.98. The molecular weight excluding hydrogens is 317 g/mol. The van der Waals surface area contributed by atoms with Crippen molar-refractivity contribution in [3.05, 3.63) is 75.9 Å². The van der Waals surface area contributed by atoms with Crippen molar-refractivity contribution in [3.63, 3.8) is 0 Å². The maximum absolute atomic E-state index is 6.01. The molecule has 3 rings (SSSR count). The fraction of sp³-hybridized carbons (Fsp3) is 0.176. The Hall–Kier alpha value is -1.68. The van der Waals surface area contributed by atoms with Gasteiger partial charge in [-0.1, -0.05) is 59.6 Å². The summed E-state index contributed by atoms with van der Waals surface area (Å²) in [4.78, 5) is 0. The molecule has 0 aliphatic carbocycles.